The smallest absolute Gasteiger partial charge is 0.358 e. The van der Waals surface area contributed by atoms with Crippen LogP contribution in [0.25, 0.3) is 0 Å². The van der Waals surface area contributed by atoms with Gasteiger partial charge in [-0.3, -0.25) is 19.6 Å². The number of esters is 3. The van der Waals surface area contributed by atoms with Gasteiger partial charge in [0.1, 0.15) is 30.0 Å². The van der Waals surface area contributed by atoms with E-state index in [1.807, 2.05) is 0 Å². The molecule has 0 amide bonds. The van der Waals surface area contributed by atoms with Crippen LogP contribution in [0.2, 0.25) is 0 Å². The van der Waals surface area contributed by atoms with Gasteiger partial charge in [-0.2, -0.15) is 0 Å². The van der Waals surface area contributed by atoms with Gasteiger partial charge < -0.3 is 29.2 Å². The molecular weight excluding hydrogens is 611 g/mol. The van der Waals surface area contributed by atoms with Crippen molar-refractivity contribution < 1.29 is 58.5 Å². The van der Waals surface area contributed by atoms with Gasteiger partial charge in [-0.1, -0.05) is 48.7 Å². The van der Waals surface area contributed by atoms with E-state index in [1.165, 1.54) is 13.8 Å². The summed E-state index contributed by atoms with van der Waals surface area (Å²) in [7, 11) is 0. The molecule has 1 heterocycles. The summed E-state index contributed by atoms with van der Waals surface area (Å²) >= 11 is 17.4. The molecule has 0 aromatic rings. The molecule has 230 valence electrons. The maximum absolute atomic E-state index is 14.8. The zero-order chi connectivity index (χ0) is 31.1. The third kappa shape index (κ3) is 4.52. The van der Waals surface area contributed by atoms with Gasteiger partial charge in [0, 0.05) is 31.6 Å². The highest BCUT2D eigenvalue weighted by Crippen LogP contribution is 2.64. The topological polar surface area (TPSA) is 175 Å². The first-order chi connectivity index (χ1) is 18.7. The third-order valence-electron chi connectivity index (χ3n) is 9.64. The molecule has 3 fully saturated rings. The third-order valence-corrected chi connectivity index (χ3v) is 10.1. The van der Waals surface area contributed by atoms with Crippen LogP contribution < -0.4 is 0 Å². The lowest BCUT2D eigenvalue weighted by molar-refractivity contribution is -0.397. The van der Waals surface area contributed by atoms with Crippen LogP contribution in [0.4, 0.5) is 0 Å². The summed E-state index contributed by atoms with van der Waals surface area (Å²) in [5.74, 6) is -4.87. The van der Waals surface area contributed by atoms with Crippen molar-refractivity contribution in [2.24, 2.45) is 16.7 Å². The number of hydrogen-bond donors (Lipinski definition) is 3. The fraction of sp³-hybridized carbons (Fsp3) is 0.769. The van der Waals surface area contributed by atoms with Gasteiger partial charge >= 0.3 is 17.9 Å². The van der Waals surface area contributed by atoms with E-state index in [4.69, 9.17) is 58.6 Å². The molecule has 0 aromatic heterocycles. The number of aliphatic hydroxyl groups excluding tert-OH is 2. The normalized spacial score (nSPS) is 41.6. The predicted octanol–water partition coefficient (Wildman–Crippen LogP) is 2.21. The van der Waals surface area contributed by atoms with Crippen molar-refractivity contribution in [3.8, 4) is 0 Å². The highest BCUT2D eigenvalue weighted by atomic mass is 35.6. The van der Waals surface area contributed by atoms with E-state index in [-0.39, 0.29) is 24.2 Å². The van der Waals surface area contributed by atoms with Gasteiger partial charge in [0.2, 0.25) is 0 Å². The number of ketones is 1. The first-order valence-electron chi connectivity index (χ1n) is 12.9. The summed E-state index contributed by atoms with van der Waals surface area (Å²) in [4.78, 5) is 57.5. The largest absolute Gasteiger partial charge is 0.458 e. The molecule has 3 aliphatic carbocycles. The van der Waals surface area contributed by atoms with E-state index in [9.17, 15) is 34.6 Å². The van der Waals surface area contributed by atoms with Crippen molar-refractivity contribution in [2.75, 3.05) is 6.61 Å². The van der Waals surface area contributed by atoms with Crippen LogP contribution >= 0.6 is 34.8 Å². The van der Waals surface area contributed by atoms with Crippen molar-refractivity contribution in [3.05, 3.63) is 11.1 Å². The lowest BCUT2D eigenvalue weighted by Crippen LogP contribution is -2.79. The van der Waals surface area contributed by atoms with Crippen molar-refractivity contribution in [2.45, 2.75) is 99.9 Å². The molecule has 2 bridgehead atoms. The maximum atomic E-state index is 14.8. The van der Waals surface area contributed by atoms with Crippen molar-refractivity contribution in [1.82, 2.24) is 0 Å². The Bertz CT molecular complexity index is 1200. The maximum Gasteiger partial charge on any atom is 0.358 e. The number of carbonyl (C=O) groups excluding carboxylic acids is 4. The number of rotatable bonds is 4. The second-order valence-electron chi connectivity index (χ2n) is 12.0. The molecule has 41 heavy (non-hydrogen) atoms. The van der Waals surface area contributed by atoms with Crippen LogP contribution in [0.1, 0.15) is 54.4 Å². The van der Waals surface area contributed by atoms with Crippen LogP contribution in [0.3, 0.4) is 0 Å². The number of hydrogen-bond acceptors (Lipinski definition) is 12. The van der Waals surface area contributed by atoms with Crippen LogP contribution in [0.15, 0.2) is 11.1 Å². The van der Waals surface area contributed by atoms with Gasteiger partial charge in [-0.15, -0.1) is 0 Å². The predicted molar refractivity (Wildman–Crippen MR) is 141 cm³/mol. The summed E-state index contributed by atoms with van der Waals surface area (Å²) in [6, 6.07) is 0. The molecular formula is C26H33Cl3O12. The van der Waals surface area contributed by atoms with Crippen molar-refractivity contribution >= 4 is 58.5 Å². The zero-order valence-electron chi connectivity index (χ0n) is 23.2. The van der Waals surface area contributed by atoms with Gasteiger partial charge in [0.25, 0.3) is 3.79 Å². The van der Waals surface area contributed by atoms with Crippen molar-refractivity contribution in [3.63, 3.8) is 0 Å². The Kier molecular flexibility index (Phi) is 8.14. The standard InChI is InChI=1S/C26H33Cl3O12/c1-10-16-18(38-11(2)30)20(34)23(6)13(8-25(41-36,22(16,4)5)19(33)17(10)32)24(40-12(3)31)9-37-15(24)7-14(23)39-21(35)26(27,28)29/h13-15,17-19,32-33,36H,7-9H2,1-6H3/t13?,14-,15+,17+,18+,19?,23-,24+,25?/m0/s1. The molecule has 4 aliphatic rings. The second kappa shape index (κ2) is 10.3. The molecule has 0 radical (unpaired) electrons. The molecule has 2 saturated carbocycles. The molecule has 3 unspecified atom stereocenters. The van der Waals surface area contributed by atoms with Gasteiger partial charge in [0.15, 0.2) is 17.5 Å². The summed E-state index contributed by atoms with van der Waals surface area (Å²) < 4.78 is 20.3. The molecule has 3 N–H and O–H groups in total. The highest BCUT2D eigenvalue weighted by Gasteiger charge is 2.76. The van der Waals surface area contributed by atoms with E-state index in [1.54, 1.807) is 13.8 Å². The van der Waals surface area contributed by atoms with Crippen LogP contribution in [-0.2, 0) is 43.0 Å². The number of carbonyl (C=O) groups is 4. The molecule has 1 aliphatic heterocycles. The molecule has 0 spiro atoms. The molecule has 0 aromatic carbocycles. The highest BCUT2D eigenvalue weighted by molar-refractivity contribution is 6.75. The van der Waals surface area contributed by atoms with E-state index < -0.39 is 92.4 Å². The molecule has 15 heteroatoms. The zero-order valence-corrected chi connectivity index (χ0v) is 25.5. The minimum atomic E-state index is -2.52. The average Bonchev–Trinajstić information content (AvgIpc) is 2.84. The Morgan fingerprint density at radius 2 is 1.66 bits per heavy atom. The summed E-state index contributed by atoms with van der Waals surface area (Å²) in [5.41, 5.74) is -6.78. The van der Waals surface area contributed by atoms with E-state index in [0.717, 1.165) is 13.8 Å². The van der Waals surface area contributed by atoms with E-state index >= 15 is 0 Å². The van der Waals surface area contributed by atoms with Crippen LogP contribution in [0, 0.1) is 16.7 Å². The number of aliphatic hydroxyl groups is 2. The summed E-state index contributed by atoms with van der Waals surface area (Å²) in [5, 5.41) is 33.1. The Labute approximate surface area is 251 Å². The summed E-state index contributed by atoms with van der Waals surface area (Å²) in [6.07, 6.45) is -8.08. The summed E-state index contributed by atoms with van der Waals surface area (Å²) in [6.45, 7) is 8.03. The lowest BCUT2D eigenvalue weighted by Gasteiger charge is -2.66. The molecule has 9 atom stereocenters. The number of fused-ring (bicyclic) bond motifs is 5. The first-order valence-corrected chi connectivity index (χ1v) is 14.1. The molecule has 4 rings (SSSR count). The van der Waals surface area contributed by atoms with E-state index in [0.29, 0.717) is 0 Å². The number of halogens is 3. The molecule has 1 saturated heterocycles. The van der Waals surface area contributed by atoms with E-state index in [2.05, 4.69) is 0 Å². The van der Waals surface area contributed by atoms with Gasteiger partial charge in [-0.25, -0.2) is 9.68 Å². The minimum absolute atomic E-state index is 0.0733. The Morgan fingerprint density at radius 1 is 1.05 bits per heavy atom. The van der Waals surface area contributed by atoms with Gasteiger partial charge in [-0.05, 0) is 31.4 Å². The quantitative estimate of drug-likeness (QED) is 0.102. The van der Waals surface area contributed by atoms with Crippen LogP contribution in [0.5, 0.6) is 0 Å². The number of Topliss-reactive ketones (excluding diaryl/α,β-unsaturated/α-hetero) is 1. The second-order valence-corrected chi connectivity index (χ2v) is 14.2. The number of alkyl halides is 3. The lowest BCUT2D eigenvalue weighted by atomic mass is 9.45. The Balaban J connectivity index is 2.07. The molecule has 12 nitrogen and oxygen atoms in total. The van der Waals surface area contributed by atoms with Gasteiger partial charge in [0.05, 0.1) is 12.0 Å². The first kappa shape index (κ1) is 32.4. The van der Waals surface area contributed by atoms with Crippen LogP contribution in [-0.4, -0.2) is 91.3 Å². The van der Waals surface area contributed by atoms with Crippen molar-refractivity contribution in [1.29, 1.82) is 0 Å². The Morgan fingerprint density at radius 3 is 2.12 bits per heavy atom. The minimum Gasteiger partial charge on any atom is -0.458 e. The average molecular weight is 644 g/mol. The number of ether oxygens (including phenoxy) is 4. The monoisotopic (exact) mass is 642 g/mol. The SMILES string of the molecule is CC(=O)O[C@H]1C(=O)[C@@]2(C)C(CC3(OO)C(O)[C@H](O)C(C)=C1C3(C)C)[C@]1(OC(C)=O)CO[C@@H]1C[C@@H]2OC(=O)C(Cl)(Cl)Cl. The Hall–Kier alpha value is -1.51. The fourth-order valence-electron chi connectivity index (χ4n) is 7.50. The fourth-order valence-corrected chi connectivity index (χ4v) is 7.63.